The van der Waals surface area contributed by atoms with Crippen molar-refractivity contribution in [3.63, 3.8) is 0 Å². The Hall–Kier alpha value is -2.57. The lowest BCUT2D eigenvalue weighted by atomic mass is 9.95. The number of ether oxygens (including phenoxy) is 1. The second-order valence-electron chi connectivity index (χ2n) is 7.06. The van der Waals surface area contributed by atoms with Gasteiger partial charge in [-0.25, -0.2) is 4.79 Å². The lowest BCUT2D eigenvalue weighted by molar-refractivity contribution is -0.151. The van der Waals surface area contributed by atoms with Crippen molar-refractivity contribution in [2.45, 2.75) is 39.7 Å². The number of amides is 3. The maximum atomic E-state index is 13.0. The number of nitrogens with zero attached hydrogens (tertiary/aromatic N) is 1. The number of urea groups is 1. The van der Waals surface area contributed by atoms with Crippen LogP contribution < -0.4 is 10.6 Å². The molecule has 7 heteroatoms. The van der Waals surface area contributed by atoms with Crippen LogP contribution in [0.4, 0.5) is 10.5 Å². The van der Waals surface area contributed by atoms with Gasteiger partial charge < -0.3 is 20.3 Å². The van der Waals surface area contributed by atoms with Crippen LogP contribution in [0.3, 0.4) is 0 Å². The van der Waals surface area contributed by atoms with Gasteiger partial charge >= 0.3 is 12.0 Å². The van der Waals surface area contributed by atoms with Crippen LogP contribution in [0.1, 0.15) is 33.6 Å². The fraction of sp³-hybridized carbons (Fsp3) is 0.550. The Labute approximate surface area is 160 Å². The molecule has 1 fully saturated rings. The third-order valence-corrected chi connectivity index (χ3v) is 4.60. The van der Waals surface area contributed by atoms with E-state index in [0.717, 1.165) is 12.8 Å². The monoisotopic (exact) mass is 375 g/mol. The number of esters is 1. The zero-order valence-corrected chi connectivity index (χ0v) is 16.2. The average Bonchev–Trinajstić information content (AvgIpc) is 2.66. The highest BCUT2D eigenvalue weighted by atomic mass is 16.5. The van der Waals surface area contributed by atoms with E-state index >= 15 is 0 Å². The Morgan fingerprint density at radius 3 is 2.56 bits per heavy atom. The van der Waals surface area contributed by atoms with Crippen molar-refractivity contribution >= 4 is 23.6 Å². The molecule has 27 heavy (non-hydrogen) atoms. The van der Waals surface area contributed by atoms with Gasteiger partial charge in [-0.3, -0.25) is 9.59 Å². The molecule has 1 aliphatic heterocycles. The van der Waals surface area contributed by atoms with Crippen molar-refractivity contribution in [2.75, 3.05) is 25.0 Å². The van der Waals surface area contributed by atoms with Crippen molar-refractivity contribution in [1.29, 1.82) is 0 Å². The SMILES string of the molecule is CCOC(=O)C1CCCN(C(=O)C(NC(=O)Nc2ccccc2)C(C)C)C1. The summed E-state index contributed by atoms with van der Waals surface area (Å²) in [7, 11) is 0. The summed E-state index contributed by atoms with van der Waals surface area (Å²) in [5.41, 5.74) is 0.658. The van der Waals surface area contributed by atoms with Gasteiger partial charge in [0.05, 0.1) is 12.5 Å². The highest BCUT2D eigenvalue weighted by Gasteiger charge is 2.34. The molecule has 2 unspecified atom stereocenters. The van der Waals surface area contributed by atoms with Gasteiger partial charge in [-0.2, -0.15) is 0 Å². The van der Waals surface area contributed by atoms with E-state index in [1.165, 1.54) is 0 Å². The van der Waals surface area contributed by atoms with Crippen LogP contribution in [0.25, 0.3) is 0 Å². The summed E-state index contributed by atoms with van der Waals surface area (Å²) in [4.78, 5) is 39.0. The van der Waals surface area contributed by atoms with Crippen LogP contribution >= 0.6 is 0 Å². The molecule has 2 atom stereocenters. The molecule has 148 valence electrons. The van der Waals surface area contributed by atoms with Crippen molar-refractivity contribution in [3.05, 3.63) is 30.3 Å². The number of anilines is 1. The van der Waals surface area contributed by atoms with Gasteiger partial charge in [-0.15, -0.1) is 0 Å². The first kappa shape index (κ1) is 20.7. The third-order valence-electron chi connectivity index (χ3n) is 4.60. The lowest BCUT2D eigenvalue weighted by Gasteiger charge is -2.35. The average molecular weight is 375 g/mol. The summed E-state index contributed by atoms with van der Waals surface area (Å²) < 4.78 is 5.09. The first-order chi connectivity index (χ1) is 12.9. The molecule has 2 rings (SSSR count). The number of hydrogen-bond acceptors (Lipinski definition) is 4. The number of likely N-dealkylation sites (tertiary alicyclic amines) is 1. The molecule has 0 saturated carbocycles. The van der Waals surface area contributed by atoms with Gasteiger partial charge in [0.2, 0.25) is 5.91 Å². The minimum atomic E-state index is -0.658. The number of benzene rings is 1. The van der Waals surface area contributed by atoms with E-state index in [0.29, 0.717) is 25.4 Å². The van der Waals surface area contributed by atoms with Crippen LogP contribution in [-0.2, 0) is 14.3 Å². The Balaban J connectivity index is 1.99. The standard InChI is InChI=1S/C20H29N3O4/c1-4-27-19(25)15-9-8-12-23(13-15)18(24)17(14(2)3)22-20(26)21-16-10-6-5-7-11-16/h5-7,10-11,14-15,17H,4,8-9,12-13H2,1-3H3,(H2,21,22,26). The normalized spacial score (nSPS) is 17.9. The van der Waals surface area contributed by atoms with Crippen LogP contribution in [0, 0.1) is 11.8 Å². The molecule has 2 N–H and O–H groups in total. The summed E-state index contributed by atoms with van der Waals surface area (Å²) in [6.07, 6.45) is 1.47. The fourth-order valence-electron chi connectivity index (χ4n) is 3.17. The molecule has 0 aromatic heterocycles. The van der Waals surface area contributed by atoms with E-state index in [1.54, 1.807) is 24.0 Å². The van der Waals surface area contributed by atoms with Crippen LogP contribution in [0.5, 0.6) is 0 Å². The van der Waals surface area contributed by atoms with Gasteiger partial charge in [0.25, 0.3) is 0 Å². The molecular weight excluding hydrogens is 346 g/mol. The smallest absolute Gasteiger partial charge is 0.319 e. The minimum Gasteiger partial charge on any atom is -0.466 e. The molecule has 0 bridgehead atoms. The van der Waals surface area contributed by atoms with Crippen molar-refractivity contribution in [3.8, 4) is 0 Å². The largest absolute Gasteiger partial charge is 0.466 e. The molecular formula is C20H29N3O4. The van der Waals surface area contributed by atoms with E-state index in [4.69, 9.17) is 4.74 Å². The first-order valence-corrected chi connectivity index (χ1v) is 9.50. The van der Waals surface area contributed by atoms with E-state index in [1.807, 2.05) is 32.0 Å². The molecule has 0 aliphatic carbocycles. The molecule has 0 radical (unpaired) electrons. The molecule has 0 spiro atoms. The number of carbonyl (C=O) groups excluding carboxylic acids is 3. The Morgan fingerprint density at radius 2 is 1.93 bits per heavy atom. The van der Waals surface area contributed by atoms with E-state index in [2.05, 4.69) is 10.6 Å². The predicted molar refractivity (Wildman–Crippen MR) is 103 cm³/mol. The van der Waals surface area contributed by atoms with E-state index in [-0.39, 0.29) is 23.7 Å². The first-order valence-electron chi connectivity index (χ1n) is 9.50. The summed E-state index contributed by atoms with van der Waals surface area (Å²) >= 11 is 0. The second-order valence-corrected chi connectivity index (χ2v) is 7.06. The van der Waals surface area contributed by atoms with Gasteiger partial charge in [-0.05, 0) is 37.8 Å². The fourth-order valence-corrected chi connectivity index (χ4v) is 3.17. The molecule has 1 aromatic rings. The van der Waals surface area contributed by atoms with Crippen LogP contribution in [0.15, 0.2) is 30.3 Å². The molecule has 1 saturated heterocycles. The van der Waals surface area contributed by atoms with E-state index < -0.39 is 12.1 Å². The zero-order chi connectivity index (χ0) is 19.8. The Bertz CT molecular complexity index is 648. The third kappa shape index (κ3) is 5.98. The summed E-state index contributed by atoms with van der Waals surface area (Å²) in [6.45, 7) is 6.80. The molecule has 1 aliphatic rings. The van der Waals surface area contributed by atoms with Gasteiger partial charge in [0.15, 0.2) is 0 Å². The summed E-state index contributed by atoms with van der Waals surface area (Å²) in [6, 6.07) is 7.98. The molecule has 1 heterocycles. The lowest BCUT2D eigenvalue weighted by Crippen LogP contribution is -2.54. The molecule has 1 aromatic carbocycles. The van der Waals surface area contributed by atoms with Gasteiger partial charge in [0.1, 0.15) is 6.04 Å². The Morgan fingerprint density at radius 1 is 1.22 bits per heavy atom. The minimum absolute atomic E-state index is 0.0815. The number of para-hydroxylation sites is 1. The van der Waals surface area contributed by atoms with Crippen molar-refractivity contribution < 1.29 is 19.1 Å². The quantitative estimate of drug-likeness (QED) is 0.748. The zero-order valence-electron chi connectivity index (χ0n) is 16.2. The number of nitrogens with one attached hydrogen (secondary N) is 2. The number of hydrogen-bond donors (Lipinski definition) is 2. The Kier molecular flexibility index (Phi) is 7.64. The molecule has 7 nitrogen and oxygen atoms in total. The summed E-state index contributed by atoms with van der Waals surface area (Å²) in [5, 5.41) is 5.51. The maximum Gasteiger partial charge on any atom is 0.319 e. The highest BCUT2D eigenvalue weighted by molar-refractivity contribution is 5.94. The number of rotatable bonds is 6. The topological polar surface area (TPSA) is 87.7 Å². The van der Waals surface area contributed by atoms with Crippen molar-refractivity contribution in [2.24, 2.45) is 11.8 Å². The second kappa shape index (κ2) is 9.94. The predicted octanol–water partition coefficient (Wildman–Crippen LogP) is 2.63. The maximum absolute atomic E-state index is 13.0. The van der Waals surface area contributed by atoms with Gasteiger partial charge in [-0.1, -0.05) is 32.0 Å². The van der Waals surface area contributed by atoms with Crippen molar-refractivity contribution in [1.82, 2.24) is 10.2 Å². The van der Waals surface area contributed by atoms with E-state index in [9.17, 15) is 14.4 Å². The van der Waals surface area contributed by atoms with Crippen LogP contribution in [-0.4, -0.2) is 48.5 Å². The summed E-state index contributed by atoms with van der Waals surface area (Å²) in [5.74, 6) is -0.802. The number of piperidine rings is 1. The highest BCUT2D eigenvalue weighted by Crippen LogP contribution is 2.20. The van der Waals surface area contributed by atoms with Gasteiger partial charge in [0, 0.05) is 18.8 Å². The number of carbonyl (C=O) groups is 3. The van der Waals surface area contributed by atoms with Crippen LogP contribution in [0.2, 0.25) is 0 Å². The molecule has 3 amide bonds.